The van der Waals surface area contributed by atoms with E-state index in [0.717, 1.165) is 17.9 Å². The summed E-state index contributed by atoms with van der Waals surface area (Å²) in [5, 5.41) is 7.24. The lowest BCUT2D eigenvalue weighted by Crippen LogP contribution is -2.12. The zero-order chi connectivity index (χ0) is 18.7. The molecule has 7 nitrogen and oxygen atoms in total. The first-order valence-corrected chi connectivity index (χ1v) is 8.29. The van der Waals surface area contributed by atoms with Gasteiger partial charge in [-0.25, -0.2) is 0 Å². The summed E-state index contributed by atoms with van der Waals surface area (Å²) < 4.78 is 18.3. The molecule has 0 saturated heterocycles. The van der Waals surface area contributed by atoms with Crippen LogP contribution in [0.2, 0.25) is 0 Å². The minimum absolute atomic E-state index is 0.151. The van der Waals surface area contributed by atoms with Crippen molar-refractivity contribution >= 4 is 11.6 Å². The average molecular weight is 355 g/mol. The first-order valence-electron chi connectivity index (χ1n) is 8.29. The molecule has 26 heavy (non-hydrogen) atoms. The fourth-order valence-corrected chi connectivity index (χ4v) is 2.67. The number of hydrogen-bond acceptors (Lipinski definition) is 5. The van der Waals surface area contributed by atoms with Gasteiger partial charge in [0.25, 0.3) is 11.9 Å². The van der Waals surface area contributed by atoms with Crippen LogP contribution in [0.5, 0.6) is 17.4 Å². The average Bonchev–Trinajstić information content (AvgIpc) is 3.22. The summed E-state index contributed by atoms with van der Waals surface area (Å²) in [4.78, 5) is 12.5. The number of rotatable bonds is 6. The molecule has 3 aromatic rings. The highest BCUT2D eigenvalue weighted by Gasteiger charge is 2.18. The lowest BCUT2D eigenvalue weighted by atomic mass is 10.3. The van der Waals surface area contributed by atoms with Crippen LogP contribution in [0.15, 0.2) is 40.8 Å². The van der Waals surface area contributed by atoms with E-state index in [1.165, 1.54) is 0 Å². The Labute approximate surface area is 151 Å². The molecule has 0 unspecified atom stereocenters. The van der Waals surface area contributed by atoms with Crippen LogP contribution in [-0.2, 0) is 6.54 Å². The van der Waals surface area contributed by atoms with Crippen LogP contribution in [0, 0.1) is 13.8 Å². The number of furan rings is 1. The summed E-state index contributed by atoms with van der Waals surface area (Å²) in [6, 6.07) is 10.4. The van der Waals surface area contributed by atoms with Crippen molar-refractivity contribution in [3.8, 4) is 17.4 Å². The summed E-state index contributed by atoms with van der Waals surface area (Å²) >= 11 is 0. The van der Waals surface area contributed by atoms with Crippen molar-refractivity contribution in [1.29, 1.82) is 0 Å². The second-order valence-corrected chi connectivity index (χ2v) is 5.69. The SMILES string of the molecule is CCn1nc(C)c(NC(=O)c2ccc(Oc3ccccc3OC)o2)c1C. The molecule has 0 fully saturated rings. The predicted molar refractivity (Wildman–Crippen MR) is 97.1 cm³/mol. The number of para-hydroxylation sites is 2. The minimum atomic E-state index is -0.360. The fraction of sp³-hybridized carbons (Fsp3) is 0.263. The number of carbonyl (C=O) groups excluding carboxylic acids is 1. The highest BCUT2D eigenvalue weighted by molar-refractivity contribution is 6.03. The van der Waals surface area contributed by atoms with Gasteiger partial charge in [0, 0.05) is 12.6 Å². The molecule has 1 amide bonds. The quantitative estimate of drug-likeness (QED) is 0.718. The first kappa shape index (κ1) is 17.6. The van der Waals surface area contributed by atoms with Crippen molar-refractivity contribution in [2.75, 3.05) is 12.4 Å². The summed E-state index contributed by atoms with van der Waals surface area (Å²) in [6.45, 7) is 6.50. The van der Waals surface area contributed by atoms with E-state index in [2.05, 4.69) is 10.4 Å². The van der Waals surface area contributed by atoms with Gasteiger partial charge in [0.1, 0.15) is 0 Å². The van der Waals surface area contributed by atoms with E-state index in [1.54, 1.807) is 31.4 Å². The highest BCUT2D eigenvalue weighted by atomic mass is 16.6. The van der Waals surface area contributed by atoms with Crippen molar-refractivity contribution in [3.63, 3.8) is 0 Å². The molecule has 1 aromatic carbocycles. The number of nitrogens with zero attached hydrogens (tertiary/aromatic N) is 2. The Morgan fingerprint density at radius 2 is 1.92 bits per heavy atom. The number of aryl methyl sites for hydroxylation is 2. The van der Waals surface area contributed by atoms with Gasteiger partial charge >= 0.3 is 0 Å². The number of aromatic nitrogens is 2. The van der Waals surface area contributed by atoms with E-state index >= 15 is 0 Å². The zero-order valence-electron chi connectivity index (χ0n) is 15.2. The van der Waals surface area contributed by atoms with E-state index in [4.69, 9.17) is 13.9 Å². The van der Waals surface area contributed by atoms with Gasteiger partial charge in [-0.05, 0) is 39.0 Å². The number of benzene rings is 1. The van der Waals surface area contributed by atoms with E-state index in [9.17, 15) is 4.79 Å². The van der Waals surface area contributed by atoms with Crippen LogP contribution in [0.25, 0.3) is 0 Å². The van der Waals surface area contributed by atoms with E-state index in [-0.39, 0.29) is 17.6 Å². The van der Waals surface area contributed by atoms with Gasteiger partial charge in [0.15, 0.2) is 17.3 Å². The van der Waals surface area contributed by atoms with Gasteiger partial charge in [-0.15, -0.1) is 0 Å². The molecular formula is C19H21N3O4. The van der Waals surface area contributed by atoms with E-state index in [0.29, 0.717) is 17.2 Å². The molecule has 0 aliphatic rings. The number of nitrogens with one attached hydrogen (secondary N) is 1. The maximum absolute atomic E-state index is 12.5. The minimum Gasteiger partial charge on any atom is -0.493 e. The lowest BCUT2D eigenvalue weighted by Gasteiger charge is -2.07. The third-order valence-electron chi connectivity index (χ3n) is 4.00. The normalized spacial score (nSPS) is 10.6. The predicted octanol–water partition coefficient (Wildman–Crippen LogP) is 4.17. The molecule has 2 heterocycles. The van der Waals surface area contributed by atoms with Crippen LogP contribution in [0.1, 0.15) is 28.9 Å². The summed E-state index contributed by atoms with van der Waals surface area (Å²) in [7, 11) is 1.56. The van der Waals surface area contributed by atoms with Gasteiger partial charge in [-0.1, -0.05) is 12.1 Å². The van der Waals surface area contributed by atoms with Crippen LogP contribution in [-0.4, -0.2) is 22.8 Å². The molecule has 1 N–H and O–H groups in total. The van der Waals surface area contributed by atoms with Crippen LogP contribution < -0.4 is 14.8 Å². The molecule has 136 valence electrons. The van der Waals surface area contributed by atoms with Crippen molar-refractivity contribution in [1.82, 2.24) is 9.78 Å². The van der Waals surface area contributed by atoms with Gasteiger partial charge in [0.2, 0.25) is 0 Å². The maximum Gasteiger partial charge on any atom is 0.291 e. The van der Waals surface area contributed by atoms with Crippen molar-refractivity contribution in [2.24, 2.45) is 0 Å². The summed E-state index contributed by atoms with van der Waals surface area (Å²) in [6.07, 6.45) is 0. The van der Waals surface area contributed by atoms with Gasteiger partial charge in [-0.3, -0.25) is 9.48 Å². The molecule has 3 rings (SSSR count). The highest BCUT2D eigenvalue weighted by Crippen LogP contribution is 2.32. The molecule has 7 heteroatoms. The third kappa shape index (κ3) is 3.42. The molecule has 0 spiro atoms. The third-order valence-corrected chi connectivity index (χ3v) is 4.00. The van der Waals surface area contributed by atoms with E-state index < -0.39 is 0 Å². The molecule has 0 aliphatic carbocycles. The van der Waals surface area contributed by atoms with Crippen molar-refractivity contribution in [2.45, 2.75) is 27.3 Å². The van der Waals surface area contributed by atoms with Crippen LogP contribution >= 0.6 is 0 Å². The summed E-state index contributed by atoms with van der Waals surface area (Å²) in [5.41, 5.74) is 2.35. The van der Waals surface area contributed by atoms with Gasteiger partial charge in [0.05, 0.1) is 24.2 Å². The first-order chi connectivity index (χ1) is 12.5. The molecule has 0 bridgehead atoms. The summed E-state index contributed by atoms with van der Waals surface area (Å²) in [5.74, 6) is 1.08. The van der Waals surface area contributed by atoms with Gasteiger partial charge in [-0.2, -0.15) is 5.10 Å². The van der Waals surface area contributed by atoms with Crippen molar-refractivity contribution in [3.05, 3.63) is 53.5 Å². The Bertz CT molecular complexity index is 927. The maximum atomic E-state index is 12.5. The number of methoxy groups -OCH3 is 1. The number of anilines is 1. The second kappa shape index (κ2) is 7.35. The van der Waals surface area contributed by atoms with Gasteiger partial charge < -0.3 is 19.2 Å². The Balaban J connectivity index is 1.75. The molecule has 0 atom stereocenters. The standard InChI is InChI=1S/C19H21N3O4/c1-5-22-13(3)18(12(2)21-22)20-19(23)16-10-11-17(26-16)25-15-9-7-6-8-14(15)24-4/h6-11H,5H2,1-4H3,(H,20,23). The molecule has 2 aromatic heterocycles. The Morgan fingerprint density at radius 1 is 1.19 bits per heavy atom. The zero-order valence-corrected chi connectivity index (χ0v) is 15.2. The largest absolute Gasteiger partial charge is 0.493 e. The molecule has 0 radical (unpaired) electrons. The van der Waals surface area contributed by atoms with Crippen LogP contribution in [0.3, 0.4) is 0 Å². The van der Waals surface area contributed by atoms with Crippen molar-refractivity contribution < 1.29 is 18.7 Å². The van der Waals surface area contributed by atoms with E-state index in [1.807, 2.05) is 37.6 Å². The number of carbonyl (C=O) groups is 1. The fourth-order valence-electron chi connectivity index (χ4n) is 2.67. The Hall–Kier alpha value is -3.22. The topological polar surface area (TPSA) is 78.5 Å². The Kier molecular flexibility index (Phi) is 4.97. The number of hydrogen-bond donors (Lipinski definition) is 1. The smallest absolute Gasteiger partial charge is 0.291 e. The molecule has 0 saturated carbocycles. The monoisotopic (exact) mass is 355 g/mol. The van der Waals surface area contributed by atoms with Crippen LogP contribution in [0.4, 0.5) is 5.69 Å². The number of amides is 1. The molecule has 0 aliphatic heterocycles. The lowest BCUT2D eigenvalue weighted by molar-refractivity contribution is 0.0991. The molecular weight excluding hydrogens is 334 g/mol. The Morgan fingerprint density at radius 3 is 2.58 bits per heavy atom. The number of ether oxygens (including phenoxy) is 2. The second-order valence-electron chi connectivity index (χ2n) is 5.69.